The number of aryl methyl sites for hydroxylation is 1. The molecule has 0 amide bonds. The number of hydrogen-bond donors (Lipinski definition) is 2. The number of fused-ring (bicyclic) bond motifs is 1. The maximum Gasteiger partial charge on any atom is 0.203 e. The quantitative estimate of drug-likeness (QED) is 0.758. The summed E-state index contributed by atoms with van der Waals surface area (Å²) in [6.07, 6.45) is 4.24. The van der Waals surface area contributed by atoms with Gasteiger partial charge in [0.05, 0.1) is 30.4 Å². The topological polar surface area (TPSA) is 81.8 Å². The van der Waals surface area contributed by atoms with E-state index in [1.165, 1.54) is 6.42 Å². The van der Waals surface area contributed by atoms with Crippen LogP contribution in [0.25, 0.3) is 16.7 Å². The van der Waals surface area contributed by atoms with Gasteiger partial charge in [-0.2, -0.15) is 0 Å². The van der Waals surface area contributed by atoms with E-state index in [-0.39, 0.29) is 0 Å². The Bertz CT molecular complexity index is 876. The predicted molar refractivity (Wildman–Crippen MR) is 91.7 cm³/mol. The summed E-state index contributed by atoms with van der Waals surface area (Å²) in [7, 11) is 5.49. The van der Waals surface area contributed by atoms with Gasteiger partial charge < -0.3 is 19.9 Å². The Hall–Kier alpha value is -2.61. The van der Waals surface area contributed by atoms with Crippen LogP contribution in [0.4, 0.5) is 5.95 Å². The van der Waals surface area contributed by atoms with Gasteiger partial charge in [-0.05, 0) is 25.5 Å². The lowest BCUT2D eigenvalue weighted by Crippen LogP contribution is -2.13. The van der Waals surface area contributed by atoms with Crippen LogP contribution in [-0.4, -0.2) is 45.2 Å². The zero-order valence-electron chi connectivity index (χ0n) is 14.1. The molecule has 1 fully saturated rings. The number of methoxy groups -OCH3 is 1. The van der Waals surface area contributed by atoms with E-state index >= 15 is 0 Å². The SMILES string of the molecule is CNc1nc2cc(-n3cc(C4CCCN4)nn3)c(OC)cc2n1C. The van der Waals surface area contributed by atoms with Gasteiger partial charge in [-0.25, -0.2) is 9.67 Å². The molecule has 0 bridgehead atoms. The molecule has 0 aliphatic carbocycles. The van der Waals surface area contributed by atoms with E-state index in [0.29, 0.717) is 6.04 Å². The number of rotatable bonds is 4. The van der Waals surface area contributed by atoms with Gasteiger partial charge in [0.15, 0.2) is 0 Å². The second-order valence-corrected chi connectivity index (χ2v) is 5.99. The lowest BCUT2D eigenvalue weighted by Gasteiger charge is -2.09. The number of imidazole rings is 1. The third-order valence-electron chi connectivity index (χ3n) is 4.58. The first kappa shape index (κ1) is 14.9. The summed E-state index contributed by atoms with van der Waals surface area (Å²) in [5, 5.41) is 15.2. The van der Waals surface area contributed by atoms with Crippen molar-refractivity contribution < 1.29 is 4.74 Å². The first-order chi connectivity index (χ1) is 11.7. The molecule has 0 spiro atoms. The molecule has 1 saturated heterocycles. The van der Waals surface area contributed by atoms with Crippen LogP contribution in [0.2, 0.25) is 0 Å². The van der Waals surface area contributed by atoms with Gasteiger partial charge in [0.25, 0.3) is 0 Å². The van der Waals surface area contributed by atoms with Crippen LogP contribution in [0.15, 0.2) is 18.3 Å². The normalized spacial score (nSPS) is 17.5. The predicted octanol–water partition coefficient (Wildman–Crippen LogP) is 1.63. The minimum atomic E-state index is 0.291. The second-order valence-electron chi connectivity index (χ2n) is 5.99. The molecule has 1 unspecified atom stereocenters. The highest BCUT2D eigenvalue weighted by molar-refractivity contribution is 5.83. The maximum absolute atomic E-state index is 5.57. The van der Waals surface area contributed by atoms with Crippen LogP contribution < -0.4 is 15.4 Å². The van der Waals surface area contributed by atoms with Crippen molar-refractivity contribution in [2.45, 2.75) is 18.9 Å². The zero-order chi connectivity index (χ0) is 16.7. The number of hydrogen-bond acceptors (Lipinski definition) is 6. The van der Waals surface area contributed by atoms with E-state index in [4.69, 9.17) is 4.74 Å². The fourth-order valence-electron chi connectivity index (χ4n) is 3.27. The third-order valence-corrected chi connectivity index (χ3v) is 4.58. The number of nitrogens with one attached hydrogen (secondary N) is 2. The van der Waals surface area contributed by atoms with Crippen LogP contribution in [-0.2, 0) is 7.05 Å². The van der Waals surface area contributed by atoms with Crippen molar-refractivity contribution in [3.8, 4) is 11.4 Å². The highest BCUT2D eigenvalue weighted by atomic mass is 16.5. The van der Waals surface area contributed by atoms with Gasteiger partial charge in [-0.15, -0.1) is 5.10 Å². The van der Waals surface area contributed by atoms with Gasteiger partial charge in [-0.1, -0.05) is 5.21 Å². The minimum Gasteiger partial charge on any atom is -0.494 e. The molecule has 1 aromatic carbocycles. The molecular weight excluding hydrogens is 306 g/mol. The van der Waals surface area contributed by atoms with Crippen molar-refractivity contribution >= 4 is 17.0 Å². The minimum absolute atomic E-state index is 0.291. The first-order valence-corrected chi connectivity index (χ1v) is 8.09. The fourth-order valence-corrected chi connectivity index (χ4v) is 3.27. The smallest absolute Gasteiger partial charge is 0.203 e. The lowest BCUT2D eigenvalue weighted by molar-refractivity contribution is 0.412. The molecule has 0 saturated carbocycles. The van der Waals surface area contributed by atoms with Crippen molar-refractivity contribution in [3.05, 3.63) is 24.0 Å². The number of aromatic nitrogens is 5. The Morgan fingerprint density at radius 1 is 1.38 bits per heavy atom. The summed E-state index contributed by atoms with van der Waals surface area (Å²) in [6, 6.07) is 4.25. The molecule has 1 atom stereocenters. The Morgan fingerprint density at radius 3 is 2.96 bits per heavy atom. The van der Waals surface area contributed by atoms with Crippen molar-refractivity contribution in [1.29, 1.82) is 0 Å². The Balaban J connectivity index is 1.80. The van der Waals surface area contributed by atoms with Crippen molar-refractivity contribution in [2.24, 2.45) is 7.05 Å². The molecule has 8 heteroatoms. The number of nitrogens with zero attached hydrogens (tertiary/aromatic N) is 5. The molecule has 1 aliphatic rings. The van der Waals surface area contributed by atoms with Crippen molar-refractivity contribution in [1.82, 2.24) is 29.9 Å². The average Bonchev–Trinajstić information content (AvgIpc) is 3.33. The van der Waals surface area contributed by atoms with Crippen molar-refractivity contribution in [3.63, 3.8) is 0 Å². The summed E-state index contributed by atoms with van der Waals surface area (Å²) < 4.78 is 9.34. The maximum atomic E-state index is 5.57. The summed E-state index contributed by atoms with van der Waals surface area (Å²) in [5.74, 6) is 1.54. The van der Waals surface area contributed by atoms with Crippen LogP contribution in [0.5, 0.6) is 5.75 Å². The Kier molecular flexibility index (Phi) is 3.61. The van der Waals surface area contributed by atoms with Gasteiger partial charge in [0.2, 0.25) is 5.95 Å². The molecule has 126 valence electrons. The molecule has 24 heavy (non-hydrogen) atoms. The van der Waals surface area contributed by atoms with Crippen molar-refractivity contribution in [2.75, 3.05) is 26.0 Å². The largest absolute Gasteiger partial charge is 0.494 e. The fraction of sp³-hybridized carbons (Fsp3) is 0.438. The van der Waals surface area contributed by atoms with Crippen LogP contribution in [0, 0.1) is 0 Å². The molecule has 2 N–H and O–H groups in total. The molecule has 3 aromatic rings. The monoisotopic (exact) mass is 327 g/mol. The molecule has 2 aromatic heterocycles. The number of ether oxygens (including phenoxy) is 1. The van der Waals surface area contributed by atoms with E-state index in [2.05, 4.69) is 25.9 Å². The molecule has 0 radical (unpaired) electrons. The van der Waals surface area contributed by atoms with Gasteiger partial charge in [0, 0.05) is 20.2 Å². The standard InChI is InChI=1S/C16H21N7O/c1-17-16-19-11-7-14(15(24-3)8-13(11)22(16)2)23-9-12(20-21-23)10-5-4-6-18-10/h7-10,18H,4-6H2,1-3H3,(H,17,19). The second kappa shape index (κ2) is 5.79. The van der Waals surface area contributed by atoms with Gasteiger partial charge in [0.1, 0.15) is 17.1 Å². The molecule has 3 heterocycles. The lowest BCUT2D eigenvalue weighted by atomic mass is 10.2. The number of benzene rings is 1. The summed E-state index contributed by atoms with van der Waals surface area (Å²) in [4.78, 5) is 4.60. The first-order valence-electron chi connectivity index (χ1n) is 8.09. The van der Waals surface area contributed by atoms with E-state index < -0.39 is 0 Å². The van der Waals surface area contributed by atoms with E-state index in [0.717, 1.165) is 47.1 Å². The third kappa shape index (κ3) is 2.30. The summed E-state index contributed by atoms with van der Waals surface area (Å²) in [5.41, 5.74) is 3.68. The highest BCUT2D eigenvalue weighted by Gasteiger charge is 2.21. The molecular formula is C16H21N7O. The van der Waals surface area contributed by atoms with Gasteiger partial charge in [-0.3, -0.25) is 0 Å². The average molecular weight is 327 g/mol. The van der Waals surface area contributed by atoms with E-state index in [9.17, 15) is 0 Å². The van der Waals surface area contributed by atoms with Crippen LogP contribution in [0.3, 0.4) is 0 Å². The highest BCUT2D eigenvalue weighted by Crippen LogP contribution is 2.30. The Morgan fingerprint density at radius 2 is 2.25 bits per heavy atom. The van der Waals surface area contributed by atoms with E-state index in [1.54, 1.807) is 11.8 Å². The summed E-state index contributed by atoms with van der Waals surface area (Å²) in [6.45, 7) is 1.04. The van der Waals surface area contributed by atoms with Crippen LogP contribution in [0.1, 0.15) is 24.6 Å². The molecule has 1 aliphatic heterocycles. The molecule has 4 rings (SSSR count). The molecule has 8 nitrogen and oxygen atoms in total. The van der Waals surface area contributed by atoms with E-state index in [1.807, 2.05) is 37.0 Å². The number of anilines is 1. The van der Waals surface area contributed by atoms with Crippen LogP contribution >= 0.6 is 0 Å². The summed E-state index contributed by atoms with van der Waals surface area (Å²) >= 11 is 0. The van der Waals surface area contributed by atoms with Gasteiger partial charge >= 0.3 is 0 Å². The zero-order valence-corrected chi connectivity index (χ0v) is 14.1. The Labute approximate surface area is 139 Å².